The molecule has 6 atom stereocenters. The van der Waals surface area contributed by atoms with Gasteiger partial charge in [-0.1, -0.05) is 83.3 Å². The van der Waals surface area contributed by atoms with Crippen molar-refractivity contribution in [1.82, 2.24) is 29.9 Å². The van der Waals surface area contributed by atoms with Crippen molar-refractivity contribution in [3.63, 3.8) is 0 Å². The Kier molecular flexibility index (Phi) is 18.8. The fourth-order valence-corrected chi connectivity index (χ4v) is 16.4. The molecule has 6 aliphatic heterocycles. The zero-order valence-corrected chi connectivity index (χ0v) is 51.4. The number of ether oxygens (including phenoxy) is 2. The molecule has 24 heteroatoms. The normalized spacial score (nSPS) is 24.0. The third-order valence-corrected chi connectivity index (χ3v) is 21.7. The van der Waals surface area contributed by atoms with Gasteiger partial charge in [-0.05, 0) is 164 Å². The van der Waals surface area contributed by atoms with E-state index in [-0.39, 0.29) is 58.4 Å². The molecule has 6 heterocycles. The van der Waals surface area contributed by atoms with Crippen LogP contribution >= 0.6 is 58.0 Å². The Bertz CT molecular complexity index is 3570. The monoisotopic (exact) mass is 1270 g/mol. The predicted molar refractivity (Wildman–Crippen MR) is 331 cm³/mol. The Labute approximate surface area is 510 Å². The molecular weight excluding hydrogens is 1200 g/mol. The lowest BCUT2D eigenvalue weighted by Crippen LogP contribution is -2.57. The zero-order valence-electron chi connectivity index (χ0n) is 46.0. The van der Waals surface area contributed by atoms with Gasteiger partial charge in [-0.25, -0.2) is 26.4 Å². The maximum atomic E-state index is 13.3. The van der Waals surface area contributed by atoms with Crippen molar-refractivity contribution in [2.45, 2.75) is 63.4 Å². The van der Waals surface area contributed by atoms with E-state index in [1.807, 2.05) is 55.6 Å². The minimum atomic E-state index is -3.75. The number of carbonyl (C=O) groups excluding carboxylic acids is 2. The molecule has 442 valence electrons. The number of halogens is 5. The lowest BCUT2D eigenvalue weighted by Gasteiger charge is -2.45. The lowest BCUT2D eigenvalue weighted by atomic mass is 9.67. The van der Waals surface area contributed by atoms with Crippen molar-refractivity contribution in [3.05, 3.63) is 181 Å². The maximum absolute atomic E-state index is 13.3. The highest BCUT2D eigenvalue weighted by Gasteiger charge is 2.55. The number of rotatable bonds is 13. The zero-order chi connectivity index (χ0) is 59.6. The van der Waals surface area contributed by atoms with Crippen LogP contribution in [0.25, 0.3) is 0 Å². The van der Waals surface area contributed by atoms with Crippen LogP contribution in [0.2, 0.25) is 25.1 Å². The second-order valence-electron chi connectivity index (χ2n) is 21.2. The summed E-state index contributed by atoms with van der Waals surface area (Å²) in [4.78, 5) is 23.3. The first-order valence-electron chi connectivity index (χ1n) is 26.8. The summed E-state index contributed by atoms with van der Waals surface area (Å²) in [5.74, 6) is 0. The molecule has 0 saturated carbocycles. The molecule has 6 aliphatic rings. The SMILES string of the molecule is C=C1CN(S(=O)(=O)c2ccc(Cl)cc2)CC2Nc3ccc(Cl)cc3[C@]12CCNC.C=C1CN(S(=O)(=O)c2ccc(Cl)cc2)CC2Nc3ccc(Cl)cc3[C@]12CCNC(=O)OC.C=C1CNCC2Nc3ccc(Cl)cc3[C@]12CCNC(=O)OC. The second-order valence-corrected chi connectivity index (χ2v) is 27.3. The Hall–Kier alpha value is -5.55. The summed E-state index contributed by atoms with van der Waals surface area (Å²) < 4.78 is 65.4. The largest absolute Gasteiger partial charge is 0.453 e. The number of fused-ring (bicyclic) bond motifs is 9. The van der Waals surface area contributed by atoms with E-state index in [4.69, 9.17) is 58.0 Å². The van der Waals surface area contributed by atoms with Gasteiger partial charge in [-0.3, -0.25) is 0 Å². The van der Waals surface area contributed by atoms with Crippen molar-refractivity contribution in [3.8, 4) is 0 Å². The van der Waals surface area contributed by atoms with Gasteiger partial charge in [0.2, 0.25) is 20.0 Å². The van der Waals surface area contributed by atoms with Gasteiger partial charge >= 0.3 is 12.2 Å². The molecule has 0 radical (unpaired) electrons. The van der Waals surface area contributed by atoms with Gasteiger partial charge in [0, 0.05) is 111 Å². The van der Waals surface area contributed by atoms with Crippen LogP contribution in [0.4, 0.5) is 26.7 Å². The molecular formula is C59H66Cl5N9O8S2. The minimum absolute atomic E-state index is 0.118. The van der Waals surface area contributed by atoms with E-state index in [0.717, 1.165) is 77.4 Å². The number of piperidine rings is 3. The van der Waals surface area contributed by atoms with E-state index in [9.17, 15) is 26.4 Å². The number of alkyl carbamates (subject to hydrolysis) is 2. The summed E-state index contributed by atoms with van der Waals surface area (Å²) in [7, 11) is -2.83. The number of carbonyl (C=O) groups is 2. The highest BCUT2D eigenvalue weighted by Crippen LogP contribution is 2.54. The average Bonchev–Trinajstić information content (AvgIpc) is 2.66. The van der Waals surface area contributed by atoms with Crippen molar-refractivity contribution in [1.29, 1.82) is 0 Å². The summed E-state index contributed by atoms with van der Waals surface area (Å²) in [6, 6.07) is 29.5. The molecule has 7 N–H and O–H groups in total. The van der Waals surface area contributed by atoms with Crippen LogP contribution in [-0.2, 0) is 45.8 Å². The molecule has 5 aromatic carbocycles. The highest BCUT2D eigenvalue weighted by molar-refractivity contribution is 7.89. The van der Waals surface area contributed by atoms with Crippen molar-refractivity contribution in [2.75, 3.05) is 96.1 Å². The van der Waals surface area contributed by atoms with E-state index >= 15 is 0 Å². The topological polar surface area (TPSA) is 212 Å². The van der Waals surface area contributed by atoms with Crippen LogP contribution in [-0.4, -0.2) is 136 Å². The number of hydrogen-bond donors (Lipinski definition) is 7. The van der Waals surface area contributed by atoms with E-state index in [1.165, 1.54) is 40.5 Å². The first-order valence-corrected chi connectivity index (χ1v) is 31.6. The molecule has 5 aromatic rings. The number of benzene rings is 5. The molecule has 0 aromatic heterocycles. The first kappa shape index (κ1) is 62.0. The Morgan fingerprint density at radius 2 is 0.892 bits per heavy atom. The van der Waals surface area contributed by atoms with Crippen LogP contribution in [0.3, 0.4) is 0 Å². The number of hydrogen-bond acceptors (Lipinski definition) is 13. The predicted octanol–water partition coefficient (Wildman–Crippen LogP) is 10.2. The van der Waals surface area contributed by atoms with E-state index in [0.29, 0.717) is 51.2 Å². The summed E-state index contributed by atoms with van der Waals surface area (Å²) in [6.07, 6.45) is 1.14. The minimum Gasteiger partial charge on any atom is -0.453 e. The molecule has 3 unspecified atom stereocenters. The molecule has 17 nitrogen and oxygen atoms in total. The number of amides is 2. The van der Waals surface area contributed by atoms with Gasteiger partial charge in [0.05, 0.1) is 42.1 Å². The van der Waals surface area contributed by atoms with Crippen molar-refractivity contribution >= 4 is 107 Å². The maximum Gasteiger partial charge on any atom is 0.406 e. The Morgan fingerprint density at radius 1 is 0.542 bits per heavy atom. The molecule has 3 saturated heterocycles. The van der Waals surface area contributed by atoms with Crippen molar-refractivity contribution < 1.29 is 35.9 Å². The smallest absolute Gasteiger partial charge is 0.406 e. The second kappa shape index (κ2) is 25.2. The Morgan fingerprint density at radius 3 is 1.27 bits per heavy atom. The van der Waals surface area contributed by atoms with Crippen molar-refractivity contribution in [2.24, 2.45) is 0 Å². The van der Waals surface area contributed by atoms with Crippen LogP contribution in [0.1, 0.15) is 36.0 Å². The van der Waals surface area contributed by atoms with Crippen LogP contribution in [0.5, 0.6) is 0 Å². The standard InChI is InChI=1S/C22H23Cl2N3O4S.C21H23Cl2N3O2S.C16H20ClN3O2/c1-14-12-27(32(29,30)17-6-3-15(23)4-7-17)13-20-22(14,9-10-25-21(28)31-2)18-11-16(24)5-8-19(18)26-20;1-14-12-26(29(27,28)17-6-3-15(22)4-7-17)13-20-21(14,9-10-24-2)18-11-16(23)5-8-19(18)25-20;1-10-8-18-9-14-16(10,5-6-19-15(21)22-2)12-7-11(17)3-4-13(12)20-14/h3-8,11,20,26H,1,9-10,12-13H2,2H3,(H,25,28);3-8,11,20,24-25H,1,9-10,12-13H2,2H3;3-4,7,14,18,20H,1,5-6,8-9H2,2H3,(H,19,21)/t20?,22-;20?,21-;14?,16-/m000/s1. The number of nitrogens with zero attached hydrogens (tertiary/aromatic N) is 2. The first-order chi connectivity index (χ1) is 39.5. The summed E-state index contributed by atoms with van der Waals surface area (Å²) in [6.45, 7) is 17.2. The number of anilines is 3. The molecule has 11 rings (SSSR count). The van der Waals surface area contributed by atoms with E-state index in [2.05, 4.69) is 66.4 Å². The Balaban J connectivity index is 0.000000152. The fourth-order valence-electron chi connectivity index (χ4n) is 12.8. The molecule has 83 heavy (non-hydrogen) atoms. The van der Waals surface area contributed by atoms with E-state index in [1.54, 1.807) is 42.5 Å². The van der Waals surface area contributed by atoms with Crippen LogP contribution in [0, 0.1) is 0 Å². The summed E-state index contributed by atoms with van der Waals surface area (Å²) in [5.41, 5.74) is 7.72. The molecule has 3 fully saturated rings. The van der Waals surface area contributed by atoms with Gasteiger partial charge in [0.25, 0.3) is 0 Å². The van der Waals surface area contributed by atoms with Gasteiger partial charge < -0.3 is 46.7 Å². The summed E-state index contributed by atoms with van der Waals surface area (Å²) >= 11 is 30.7. The number of methoxy groups -OCH3 is 2. The molecule has 2 amide bonds. The quantitative estimate of drug-likeness (QED) is 0.0548. The van der Waals surface area contributed by atoms with E-state index < -0.39 is 37.6 Å². The van der Waals surface area contributed by atoms with Crippen LogP contribution in [0.15, 0.2) is 149 Å². The van der Waals surface area contributed by atoms with Gasteiger partial charge in [-0.15, -0.1) is 0 Å². The number of sulfonamides is 2. The van der Waals surface area contributed by atoms with Gasteiger partial charge in [0.15, 0.2) is 0 Å². The third kappa shape index (κ3) is 11.9. The number of nitrogens with one attached hydrogen (secondary N) is 7. The summed E-state index contributed by atoms with van der Waals surface area (Å²) in [5, 5.41) is 25.6. The lowest BCUT2D eigenvalue weighted by molar-refractivity contribution is 0.168. The van der Waals surface area contributed by atoms with Gasteiger partial charge in [-0.2, -0.15) is 8.61 Å². The van der Waals surface area contributed by atoms with Gasteiger partial charge in [0.1, 0.15) is 0 Å². The highest BCUT2D eigenvalue weighted by atomic mass is 35.5. The third-order valence-electron chi connectivity index (χ3n) is 16.9. The average molecular weight is 1270 g/mol. The molecule has 0 aliphatic carbocycles. The van der Waals surface area contributed by atoms with Crippen LogP contribution < -0.4 is 37.2 Å². The fraction of sp³-hybridized carbons (Fsp3) is 0.356. The molecule has 0 bridgehead atoms. The molecule has 0 spiro atoms.